The number of halogens is 2. The van der Waals surface area contributed by atoms with Crippen molar-refractivity contribution in [2.45, 2.75) is 6.42 Å². The highest BCUT2D eigenvalue weighted by molar-refractivity contribution is 6.36. The maximum absolute atomic E-state index is 11.8. The lowest BCUT2D eigenvalue weighted by Crippen LogP contribution is -2.41. The van der Waals surface area contributed by atoms with Gasteiger partial charge in [0.05, 0.1) is 23.9 Å². The zero-order valence-electron chi connectivity index (χ0n) is 12.4. The van der Waals surface area contributed by atoms with Crippen molar-refractivity contribution in [1.29, 1.82) is 0 Å². The van der Waals surface area contributed by atoms with Gasteiger partial charge < -0.3 is 15.4 Å². The second-order valence-corrected chi connectivity index (χ2v) is 5.95. The van der Waals surface area contributed by atoms with Crippen LogP contribution in [-0.4, -0.2) is 56.7 Å². The first-order chi connectivity index (χ1) is 10.6. The Morgan fingerprint density at radius 1 is 1.23 bits per heavy atom. The van der Waals surface area contributed by atoms with Crippen molar-refractivity contribution >= 4 is 34.8 Å². The van der Waals surface area contributed by atoms with Crippen LogP contribution in [0.4, 0.5) is 5.69 Å². The van der Waals surface area contributed by atoms with Crippen LogP contribution in [0.3, 0.4) is 0 Å². The van der Waals surface area contributed by atoms with E-state index in [1.54, 1.807) is 18.2 Å². The van der Waals surface area contributed by atoms with Crippen molar-refractivity contribution in [1.82, 2.24) is 10.2 Å². The summed E-state index contributed by atoms with van der Waals surface area (Å²) in [5.41, 5.74) is 0.784. The van der Waals surface area contributed by atoms with E-state index in [4.69, 9.17) is 27.9 Å². The van der Waals surface area contributed by atoms with Gasteiger partial charge in [-0.3, -0.25) is 9.69 Å². The smallest absolute Gasteiger partial charge is 0.221 e. The largest absolute Gasteiger partial charge is 0.383 e. The highest BCUT2D eigenvalue weighted by Gasteiger charge is 2.10. The van der Waals surface area contributed by atoms with Crippen LogP contribution in [0.2, 0.25) is 10.0 Å². The van der Waals surface area contributed by atoms with E-state index in [9.17, 15) is 4.79 Å². The number of carbonyl (C=O) groups is 1. The van der Waals surface area contributed by atoms with E-state index in [-0.39, 0.29) is 5.91 Å². The third-order valence-electron chi connectivity index (χ3n) is 3.45. The standard InChI is InChI=1S/C15H21Cl2N3O2/c16-12-1-2-14(13(17)11-12)18-4-3-15(21)19-5-6-20-7-9-22-10-8-20/h1-2,11,18H,3-10H2,(H,19,21). The quantitative estimate of drug-likeness (QED) is 0.795. The fourth-order valence-electron chi connectivity index (χ4n) is 2.21. The van der Waals surface area contributed by atoms with Gasteiger partial charge in [-0.25, -0.2) is 0 Å². The molecule has 0 aromatic heterocycles. The van der Waals surface area contributed by atoms with Crippen molar-refractivity contribution in [2.75, 3.05) is 51.3 Å². The summed E-state index contributed by atoms with van der Waals surface area (Å²) >= 11 is 11.9. The molecule has 0 atom stereocenters. The summed E-state index contributed by atoms with van der Waals surface area (Å²) in [6.45, 7) is 5.50. The SMILES string of the molecule is O=C(CCNc1ccc(Cl)cc1Cl)NCCN1CCOCC1. The summed E-state index contributed by atoms with van der Waals surface area (Å²) in [5.74, 6) is 0.0332. The van der Waals surface area contributed by atoms with E-state index in [1.165, 1.54) is 0 Å². The lowest BCUT2D eigenvalue weighted by atomic mass is 10.3. The van der Waals surface area contributed by atoms with Gasteiger partial charge in [-0.05, 0) is 18.2 Å². The molecule has 22 heavy (non-hydrogen) atoms. The van der Waals surface area contributed by atoms with Gasteiger partial charge >= 0.3 is 0 Å². The Hall–Kier alpha value is -1.01. The number of rotatable bonds is 7. The van der Waals surface area contributed by atoms with Crippen molar-refractivity contribution in [3.63, 3.8) is 0 Å². The van der Waals surface area contributed by atoms with Gasteiger partial charge in [0.15, 0.2) is 0 Å². The zero-order chi connectivity index (χ0) is 15.8. The summed E-state index contributed by atoms with van der Waals surface area (Å²) in [5, 5.41) is 7.21. The minimum absolute atomic E-state index is 0.0332. The molecule has 1 saturated heterocycles. The number of morpholine rings is 1. The average molecular weight is 346 g/mol. The van der Waals surface area contributed by atoms with Crippen LogP contribution in [0.25, 0.3) is 0 Å². The van der Waals surface area contributed by atoms with Crippen molar-refractivity contribution in [2.24, 2.45) is 0 Å². The van der Waals surface area contributed by atoms with E-state index in [1.807, 2.05) is 0 Å². The molecule has 1 aromatic rings. The van der Waals surface area contributed by atoms with Crippen molar-refractivity contribution in [3.8, 4) is 0 Å². The van der Waals surface area contributed by atoms with Crippen LogP contribution in [-0.2, 0) is 9.53 Å². The van der Waals surface area contributed by atoms with Crippen LogP contribution < -0.4 is 10.6 Å². The molecule has 1 fully saturated rings. The van der Waals surface area contributed by atoms with Gasteiger partial charge in [0.2, 0.25) is 5.91 Å². The van der Waals surface area contributed by atoms with Gasteiger partial charge in [0.25, 0.3) is 0 Å². The normalized spacial score (nSPS) is 15.5. The summed E-state index contributed by atoms with van der Waals surface area (Å²) in [6, 6.07) is 5.24. The second-order valence-electron chi connectivity index (χ2n) is 5.10. The Morgan fingerprint density at radius 3 is 2.73 bits per heavy atom. The van der Waals surface area contributed by atoms with Crippen molar-refractivity contribution in [3.05, 3.63) is 28.2 Å². The molecule has 0 radical (unpaired) electrons. The molecule has 0 aliphatic carbocycles. The molecule has 2 N–H and O–H groups in total. The number of amides is 1. The average Bonchev–Trinajstić information content (AvgIpc) is 2.50. The molecule has 1 aliphatic rings. The Balaban J connectivity index is 1.59. The molecule has 1 aromatic carbocycles. The number of ether oxygens (including phenoxy) is 1. The Labute approximate surface area is 140 Å². The summed E-state index contributed by atoms with van der Waals surface area (Å²) in [4.78, 5) is 14.1. The van der Waals surface area contributed by atoms with Gasteiger partial charge in [0.1, 0.15) is 0 Å². The number of anilines is 1. The third kappa shape index (κ3) is 6.01. The molecule has 2 rings (SSSR count). The molecule has 0 saturated carbocycles. The van der Waals surface area contributed by atoms with Crippen LogP contribution >= 0.6 is 23.2 Å². The van der Waals surface area contributed by atoms with Gasteiger partial charge in [-0.15, -0.1) is 0 Å². The molecule has 0 spiro atoms. The van der Waals surface area contributed by atoms with Gasteiger partial charge in [0, 0.05) is 44.2 Å². The molecule has 5 nitrogen and oxygen atoms in total. The number of benzene rings is 1. The predicted octanol–water partition coefficient (Wildman–Crippen LogP) is 2.24. The zero-order valence-corrected chi connectivity index (χ0v) is 13.9. The minimum atomic E-state index is 0.0332. The fourth-order valence-corrected chi connectivity index (χ4v) is 2.69. The fraction of sp³-hybridized carbons (Fsp3) is 0.533. The van der Waals surface area contributed by atoms with Crippen molar-refractivity contribution < 1.29 is 9.53 Å². The molecule has 1 amide bonds. The van der Waals surface area contributed by atoms with E-state index in [2.05, 4.69) is 15.5 Å². The van der Waals surface area contributed by atoms with Crippen LogP contribution in [0.5, 0.6) is 0 Å². The first-order valence-electron chi connectivity index (χ1n) is 7.41. The maximum atomic E-state index is 11.8. The number of nitrogens with one attached hydrogen (secondary N) is 2. The molecule has 7 heteroatoms. The lowest BCUT2D eigenvalue weighted by molar-refractivity contribution is -0.120. The van der Waals surface area contributed by atoms with Crippen LogP contribution in [0, 0.1) is 0 Å². The first kappa shape index (κ1) is 17.3. The van der Waals surface area contributed by atoms with E-state index in [0.29, 0.717) is 29.6 Å². The molecule has 122 valence electrons. The van der Waals surface area contributed by atoms with Crippen LogP contribution in [0.1, 0.15) is 6.42 Å². The molecule has 0 bridgehead atoms. The summed E-state index contributed by atoms with van der Waals surface area (Å²) in [7, 11) is 0. The van der Waals surface area contributed by atoms with Gasteiger partial charge in [-0.1, -0.05) is 23.2 Å². The minimum Gasteiger partial charge on any atom is -0.383 e. The molecular weight excluding hydrogens is 325 g/mol. The van der Waals surface area contributed by atoms with Crippen LogP contribution in [0.15, 0.2) is 18.2 Å². The number of carbonyl (C=O) groups excluding carboxylic acids is 1. The number of nitrogens with zero attached hydrogens (tertiary/aromatic N) is 1. The number of hydrogen-bond donors (Lipinski definition) is 2. The van der Waals surface area contributed by atoms with E-state index in [0.717, 1.165) is 38.5 Å². The highest BCUT2D eigenvalue weighted by Crippen LogP contribution is 2.25. The Kier molecular flexibility index (Phi) is 7.25. The second kappa shape index (κ2) is 9.20. The number of hydrogen-bond acceptors (Lipinski definition) is 4. The Bertz CT molecular complexity index is 494. The molecular formula is C15H21Cl2N3O2. The van der Waals surface area contributed by atoms with E-state index < -0.39 is 0 Å². The first-order valence-corrected chi connectivity index (χ1v) is 8.16. The topological polar surface area (TPSA) is 53.6 Å². The maximum Gasteiger partial charge on any atom is 0.221 e. The predicted molar refractivity (Wildman–Crippen MR) is 89.8 cm³/mol. The molecule has 1 aliphatic heterocycles. The third-order valence-corrected chi connectivity index (χ3v) is 4.00. The molecule has 1 heterocycles. The highest BCUT2D eigenvalue weighted by atomic mass is 35.5. The Morgan fingerprint density at radius 2 is 2.00 bits per heavy atom. The molecule has 0 unspecified atom stereocenters. The lowest BCUT2D eigenvalue weighted by Gasteiger charge is -2.26. The summed E-state index contributed by atoms with van der Waals surface area (Å²) in [6.07, 6.45) is 0.405. The monoisotopic (exact) mass is 345 g/mol. The van der Waals surface area contributed by atoms with Gasteiger partial charge in [-0.2, -0.15) is 0 Å². The summed E-state index contributed by atoms with van der Waals surface area (Å²) < 4.78 is 5.28. The van der Waals surface area contributed by atoms with E-state index >= 15 is 0 Å².